The number of halogens is 5. The van der Waals surface area contributed by atoms with Crippen LogP contribution < -0.4 is 0 Å². The van der Waals surface area contributed by atoms with Gasteiger partial charge in [0.15, 0.2) is 5.69 Å². The zero-order valence-electron chi connectivity index (χ0n) is 9.09. The van der Waals surface area contributed by atoms with Crippen molar-refractivity contribution >= 4 is 27.5 Å². The molecule has 0 aliphatic heterocycles. The van der Waals surface area contributed by atoms with Crippen LogP contribution in [0.25, 0.3) is 5.69 Å². The van der Waals surface area contributed by atoms with Gasteiger partial charge in [0, 0.05) is 10.0 Å². The smallest absolute Gasteiger partial charge is 0.221 e. The van der Waals surface area contributed by atoms with Crippen LogP contribution in [0.5, 0.6) is 0 Å². The van der Waals surface area contributed by atoms with Crippen molar-refractivity contribution in [1.29, 1.82) is 0 Å². The number of rotatable bonds is 1. The highest BCUT2D eigenvalue weighted by molar-refractivity contribution is 9.10. The van der Waals surface area contributed by atoms with E-state index in [9.17, 15) is 13.2 Å². The molecule has 96 valence electrons. The lowest BCUT2D eigenvalue weighted by Crippen LogP contribution is -2.08. The molecule has 1 aromatic heterocycles. The number of alkyl halides is 3. The molecule has 0 N–H and O–H groups in total. The first-order valence-electron chi connectivity index (χ1n) is 4.89. The first-order valence-corrected chi connectivity index (χ1v) is 6.06. The van der Waals surface area contributed by atoms with E-state index in [1.165, 1.54) is 6.92 Å². The topological polar surface area (TPSA) is 17.8 Å². The number of aromatic nitrogens is 2. The summed E-state index contributed by atoms with van der Waals surface area (Å²) in [6.45, 7) is 1.30. The maximum absolute atomic E-state index is 12.7. The van der Waals surface area contributed by atoms with E-state index in [1.807, 2.05) is 0 Å². The highest BCUT2D eigenvalue weighted by Gasteiger charge is 2.37. The van der Waals surface area contributed by atoms with Gasteiger partial charge in [0.25, 0.3) is 0 Å². The second kappa shape index (κ2) is 4.59. The van der Waals surface area contributed by atoms with Crippen molar-refractivity contribution < 1.29 is 13.2 Å². The maximum Gasteiger partial charge on any atom is 0.435 e. The van der Waals surface area contributed by atoms with Crippen LogP contribution in [0, 0.1) is 6.92 Å². The van der Waals surface area contributed by atoms with Gasteiger partial charge in [0.1, 0.15) is 5.15 Å². The normalized spacial score (nSPS) is 11.9. The molecule has 2 aromatic rings. The lowest BCUT2D eigenvalue weighted by Gasteiger charge is -2.04. The molecule has 0 saturated heterocycles. The van der Waals surface area contributed by atoms with Crippen LogP contribution in [0.2, 0.25) is 5.15 Å². The van der Waals surface area contributed by atoms with E-state index in [1.54, 1.807) is 24.3 Å². The molecule has 2 rings (SSSR count). The maximum atomic E-state index is 12.7. The van der Waals surface area contributed by atoms with Crippen molar-refractivity contribution in [2.24, 2.45) is 0 Å². The Kier molecular flexibility index (Phi) is 3.42. The molecule has 0 saturated carbocycles. The molecule has 18 heavy (non-hydrogen) atoms. The molecule has 0 unspecified atom stereocenters. The highest BCUT2D eigenvalue weighted by Crippen LogP contribution is 2.35. The van der Waals surface area contributed by atoms with Crippen molar-refractivity contribution in [1.82, 2.24) is 9.78 Å². The zero-order chi connectivity index (χ0) is 13.5. The van der Waals surface area contributed by atoms with E-state index in [2.05, 4.69) is 21.0 Å². The van der Waals surface area contributed by atoms with Gasteiger partial charge in [-0.1, -0.05) is 33.6 Å². The van der Waals surface area contributed by atoms with Gasteiger partial charge in [0.2, 0.25) is 0 Å². The molecule has 7 heteroatoms. The van der Waals surface area contributed by atoms with Crippen LogP contribution in [0.4, 0.5) is 13.2 Å². The number of nitrogens with zero attached hydrogens (tertiary/aromatic N) is 2. The van der Waals surface area contributed by atoms with E-state index in [-0.39, 0.29) is 10.7 Å². The Hall–Kier alpha value is -1.01. The Balaban J connectivity index is 2.60. The third-order valence-electron chi connectivity index (χ3n) is 2.37. The molecule has 0 bridgehead atoms. The minimum Gasteiger partial charge on any atom is -0.221 e. The monoisotopic (exact) mass is 338 g/mol. The fraction of sp³-hybridized carbons (Fsp3) is 0.182. The molecule has 0 spiro atoms. The van der Waals surface area contributed by atoms with Crippen LogP contribution in [-0.4, -0.2) is 9.78 Å². The van der Waals surface area contributed by atoms with E-state index in [0.717, 1.165) is 9.15 Å². The quantitative estimate of drug-likeness (QED) is 0.741. The third-order valence-corrected chi connectivity index (χ3v) is 3.31. The number of hydrogen-bond acceptors (Lipinski definition) is 1. The standard InChI is InChI=1S/C11H7BrClF3N2/c1-6-9(11(14,15)16)17-18(10(6)13)8-4-2-3-7(12)5-8/h2-5H,1H3. The van der Waals surface area contributed by atoms with Crippen molar-refractivity contribution in [3.8, 4) is 5.69 Å². The highest BCUT2D eigenvalue weighted by atomic mass is 79.9. The van der Waals surface area contributed by atoms with Crippen molar-refractivity contribution in [2.45, 2.75) is 13.1 Å². The minimum absolute atomic E-state index is 0.0413. The van der Waals surface area contributed by atoms with E-state index >= 15 is 0 Å². The Morgan fingerprint density at radius 3 is 2.50 bits per heavy atom. The van der Waals surface area contributed by atoms with Crippen LogP contribution >= 0.6 is 27.5 Å². The summed E-state index contributed by atoms with van der Waals surface area (Å²) in [7, 11) is 0. The van der Waals surface area contributed by atoms with Crippen LogP contribution in [-0.2, 0) is 6.18 Å². The van der Waals surface area contributed by atoms with Gasteiger partial charge in [0.05, 0.1) is 5.69 Å². The fourth-order valence-corrected chi connectivity index (χ4v) is 2.14. The molecule has 2 nitrogen and oxygen atoms in total. The summed E-state index contributed by atoms with van der Waals surface area (Å²) >= 11 is 9.13. The lowest BCUT2D eigenvalue weighted by molar-refractivity contribution is -0.141. The molecule has 0 radical (unpaired) electrons. The molecule has 0 atom stereocenters. The Labute approximate surface area is 114 Å². The van der Waals surface area contributed by atoms with Gasteiger partial charge in [-0.3, -0.25) is 0 Å². The molecular formula is C11H7BrClF3N2. The van der Waals surface area contributed by atoms with E-state index in [0.29, 0.717) is 5.69 Å². The molecule has 0 aliphatic carbocycles. The summed E-state index contributed by atoms with van der Waals surface area (Å²) in [4.78, 5) is 0. The van der Waals surface area contributed by atoms with Crippen LogP contribution in [0.1, 0.15) is 11.3 Å². The predicted molar refractivity (Wildman–Crippen MR) is 66.0 cm³/mol. The lowest BCUT2D eigenvalue weighted by atomic mass is 10.3. The SMILES string of the molecule is Cc1c(C(F)(F)F)nn(-c2cccc(Br)c2)c1Cl. The summed E-state index contributed by atoms with van der Waals surface area (Å²) in [5.41, 5.74) is -0.579. The molecule has 0 aliphatic rings. The van der Waals surface area contributed by atoms with E-state index in [4.69, 9.17) is 11.6 Å². The number of hydrogen-bond donors (Lipinski definition) is 0. The van der Waals surface area contributed by atoms with Crippen molar-refractivity contribution in [2.75, 3.05) is 0 Å². The Bertz CT molecular complexity index is 592. The zero-order valence-corrected chi connectivity index (χ0v) is 11.4. The number of benzene rings is 1. The molecule has 1 aromatic carbocycles. The van der Waals surface area contributed by atoms with Crippen molar-refractivity contribution in [3.05, 3.63) is 45.1 Å². The summed E-state index contributed by atoms with van der Waals surface area (Å²) in [5.74, 6) is 0. The molecular weight excluding hydrogens is 332 g/mol. The summed E-state index contributed by atoms with van der Waals surface area (Å²) in [6, 6.07) is 6.72. The van der Waals surface area contributed by atoms with Crippen LogP contribution in [0.15, 0.2) is 28.7 Å². The second-order valence-corrected chi connectivity index (χ2v) is 4.93. The Morgan fingerprint density at radius 2 is 2.00 bits per heavy atom. The van der Waals surface area contributed by atoms with Crippen molar-refractivity contribution in [3.63, 3.8) is 0 Å². The average molecular weight is 340 g/mol. The largest absolute Gasteiger partial charge is 0.435 e. The average Bonchev–Trinajstić information content (AvgIpc) is 2.55. The van der Waals surface area contributed by atoms with Gasteiger partial charge >= 0.3 is 6.18 Å². The Morgan fingerprint density at radius 1 is 1.33 bits per heavy atom. The fourth-order valence-electron chi connectivity index (χ4n) is 1.52. The molecule has 0 fully saturated rings. The van der Waals surface area contributed by atoms with Gasteiger partial charge < -0.3 is 0 Å². The molecule has 1 heterocycles. The summed E-state index contributed by atoms with van der Waals surface area (Å²) in [5, 5.41) is 3.49. The first-order chi connectivity index (χ1) is 8.30. The van der Waals surface area contributed by atoms with E-state index < -0.39 is 11.9 Å². The first kappa shape index (κ1) is 13.4. The van der Waals surface area contributed by atoms with Crippen LogP contribution in [0.3, 0.4) is 0 Å². The summed E-state index contributed by atoms with van der Waals surface area (Å²) < 4.78 is 39.9. The second-order valence-electron chi connectivity index (χ2n) is 3.65. The van der Waals surface area contributed by atoms with Gasteiger partial charge in [-0.15, -0.1) is 0 Å². The van der Waals surface area contributed by atoms with Gasteiger partial charge in [-0.25, -0.2) is 4.68 Å². The third kappa shape index (κ3) is 2.40. The minimum atomic E-state index is -4.51. The summed E-state index contributed by atoms with van der Waals surface area (Å²) in [6.07, 6.45) is -4.51. The van der Waals surface area contributed by atoms with Gasteiger partial charge in [-0.05, 0) is 25.1 Å². The predicted octanol–water partition coefficient (Wildman–Crippen LogP) is 4.62. The molecule has 0 amide bonds. The van der Waals surface area contributed by atoms with Gasteiger partial charge in [-0.2, -0.15) is 18.3 Å².